The van der Waals surface area contributed by atoms with Crippen LogP contribution in [0.15, 0.2) is 21.1 Å². The molecule has 0 bridgehead atoms. The minimum atomic E-state index is -0.185. The molecule has 0 saturated heterocycles. The molecule has 2 N–H and O–H groups in total. The Labute approximate surface area is 159 Å². The molecule has 0 fully saturated rings. The maximum Gasteiger partial charge on any atom is 0.238 e. The molecule has 0 aliphatic heterocycles. The summed E-state index contributed by atoms with van der Waals surface area (Å²) in [6, 6.07) is 3.86. The summed E-state index contributed by atoms with van der Waals surface area (Å²) >= 11 is 6.88. The van der Waals surface area contributed by atoms with Crippen LogP contribution >= 0.6 is 31.9 Å². The zero-order valence-electron chi connectivity index (χ0n) is 14.1. The number of anilines is 1. The van der Waals surface area contributed by atoms with Crippen molar-refractivity contribution in [1.82, 2.24) is 10.2 Å². The SMILES string of the molecule is COCCCNC(=O)CN(C)CC(=O)Nc1c(Br)cc(C)cc1Br. The number of carbonyl (C=O) groups excluding carboxylic acids is 2. The number of amides is 2. The fraction of sp³-hybridized carbons (Fsp3) is 0.500. The number of nitrogens with zero attached hydrogens (tertiary/aromatic N) is 1. The molecule has 134 valence electrons. The molecule has 0 radical (unpaired) electrons. The average Bonchev–Trinajstić information content (AvgIpc) is 2.47. The van der Waals surface area contributed by atoms with Crippen molar-refractivity contribution in [3.8, 4) is 0 Å². The quantitative estimate of drug-likeness (QED) is 0.551. The summed E-state index contributed by atoms with van der Waals surface area (Å²) < 4.78 is 6.53. The van der Waals surface area contributed by atoms with Gasteiger partial charge in [0, 0.05) is 29.2 Å². The number of rotatable bonds is 9. The van der Waals surface area contributed by atoms with Gasteiger partial charge in [0.05, 0.1) is 18.8 Å². The smallest absolute Gasteiger partial charge is 0.238 e. The zero-order valence-corrected chi connectivity index (χ0v) is 17.3. The Kier molecular flexibility index (Phi) is 9.50. The van der Waals surface area contributed by atoms with Crippen LogP contribution in [0, 0.1) is 6.92 Å². The molecule has 1 aromatic carbocycles. The minimum Gasteiger partial charge on any atom is -0.385 e. The van der Waals surface area contributed by atoms with Gasteiger partial charge in [0.2, 0.25) is 11.8 Å². The maximum atomic E-state index is 12.2. The number of hydrogen-bond donors (Lipinski definition) is 2. The third-order valence-electron chi connectivity index (χ3n) is 3.13. The van der Waals surface area contributed by atoms with Crippen molar-refractivity contribution in [2.75, 3.05) is 45.7 Å². The average molecular weight is 465 g/mol. The highest BCUT2D eigenvalue weighted by atomic mass is 79.9. The summed E-state index contributed by atoms with van der Waals surface area (Å²) in [5.74, 6) is -0.297. The highest BCUT2D eigenvalue weighted by Gasteiger charge is 2.13. The summed E-state index contributed by atoms with van der Waals surface area (Å²) in [6.07, 6.45) is 0.766. The lowest BCUT2D eigenvalue weighted by atomic mass is 10.2. The van der Waals surface area contributed by atoms with Gasteiger partial charge >= 0.3 is 0 Å². The number of carbonyl (C=O) groups is 2. The molecule has 0 unspecified atom stereocenters. The molecular weight excluding hydrogens is 442 g/mol. The van der Waals surface area contributed by atoms with E-state index in [2.05, 4.69) is 42.5 Å². The largest absolute Gasteiger partial charge is 0.385 e. The number of benzene rings is 1. The molecule has 0 heterocycles. The molecule has 1 aromatic rings. The molecule has 0 atom stereocenters. The predicted octanol–water partition coefficient (Wildman–Crippen LogP) is 2.54. The van der Waals surface area contributed by atoms with Crippen LogP contribution in [-0.2, 0) is 14.3 Å². The Morgan fingerprint density at radius 1 is 1.17 bits per heavy atom. The third kappa shape index (κ3) is 7.74. The minimum absolute atomic E-state index is 0.112. The van der Waals surface area contributed by atoms with E-state index >= 15 is 0 Å². The van der Waals surface area contributed by atoms with E-state index in [1.54, 1.807) is 19.1 Å². The van der Waals surface area contributed by atoms with Crippen molar-refractivity contribution in [1.29, 1.82) is 0 Å². The Bertz CT molecular complexity index is 559. The maximum absolute atomic E-state index is 12.2. The summed E-state index contributed by atoms with van der Waals surface area (Å²) in [5.41, 5.74) is 1.76. The number of likely N-dealkylation sites (N-methyl/N-ethyl adjacent to an activating group) is 1. The standard InChI is InChI=1S/C16H23Br2N3O3/c1-11-7-12(17)16(13(18)8-11)20-15(23)10-21(2)9-14(22)19-5-4-6-24-3/h7-8H,4-6,9-10H2,1-3H3,(H,19,22)(H,20,23). The van der Waals surface area contributed by atoms with E-state index in [-0.39, 0.29) is 24.9 Å². The van der Waals surface area contributed by atoms with E-state index < -0.39 is 0 Å². The number of aryl methyl sites for hydroxylation is 1. The van der Waals surface area contributed by atoms with Gasteiger partial charge in [-0.15, -0.1) is 0 Å². The third-order valence-corrected chi connectivity index (χ3v) is 4.38. The summed E-state index contributed by atoms with van der Waals surface area (Å²) in [7, 11) is 3.35. The van der Waals surface area contributed by atoms with Gasteiger partial charge in [-0.05, 0) is 69.9 Å². The molecule has 0 spiro atoms. The number of halogens is 2. The van der Waals surface area contributed by atoms with Crippen molar-refractivity contribution in [2.24, 2.45) is 0 Å². The molecule has 1 rings (SSSR count). The normalized spacial score (nSPS) is 10.8. The van der Waals surface area contributed by atoms with Crippen LogP contribution in [0.4, 0.5) is 5.69 Å². The first kappa shape index (κ1) is 21.1. The molecule has 6 nitrogen and oxygen atoms in total. The number of methoxy groups -OCH3 is 1. The fourth-order valence-corrected chi connectivity index (χ4v) is 3.66. The van der Waals surface area contributed by atoms with Crippen LogP contribution in [0.5, 0.6) is 0 Å². The van der Waals surface area contributed by atoms with E-state index in [9.17, 15) is 9.59 Å². The van der Waals surface area contributed by atoms with Gasteiger partial charge in [-0.1, -0.05) is 0 Å². The molecule has 0 saturated carbocycles. The van der Waals surface area contributed by atoms with E-state index in [1.165, 1.54) is 0 Å². The fourth-order valence-electron chi connectivity index (χ4n) is 2.04. The first-order valence-electron chi connectivity index (χ1n) is 7.53. The van der Waals surface area contributed by atoms with Crippen LogP contribution in [0.1, 0.15) is 12.0 Å². The highest BCUT2D eigenvalue weighted by molar-refractivity contribution is 9.11. The van der Waals surface area contributed by atoms with Crippen LogP contribution in [-0.4, -0.2) is 57.1 Å². The van der Waals surface area contributed by atoms with Crippen molar-refractivity contribution in [3.05, 3.63) is 26.6 Å². The van der Waals surface area contributed by atoms with Gasteiger partial charge in [-0.3, -0.25) is 14.5 Å². The van der Waals surface area contributed by atoms with Gasteiger partial charge < -0.3 is 15.4 Å². The molecule has 0 aromatic heterocycles. The van der Waals surface area contributed by atoms with Gasteiger partial charge in [-0.2, -0.15) is 0 Å². The summed E-state index contributed by atoms with van der Waals surface area (Å²) in [5, 5.41) is 5.64. The van der Waals surface area contributed by atoms with E-state index in [0.29, 0.717) is 18.8 Å². The first-order chi connectivity index (χ1) is 11.3. The van der Waals surface area contributed by atoms with Crippen LogP contribution in [0.2, 0.25) is 0 Å². The number of hydrogen-bond acceptors (Lipinski definition) is 4. The van der Waals surface area contributed by atoms with Gasteiger partial charge in [0.1, 0.15) is 0 Å². The highest BCUT2D eigenvalue weighted by Crippen LogP contribution is 2.32. The summed E-state index contributed by atoms with van der Waals surface area (Å²) in [4.78, 5) is 25.6. The van der Waals surface area contributed by atoms with Gasteiger partial charge in [0.25, 0.3) is 0 Å². The molecule has 24 heavy (non-hydrogen) atoms. The van der Waals surface area contributed by atoms with Gasteiger partial charge in [0.15, 0.2) is 0 Å². The topological polar surface area (TPSA) is 70.7 Å². The molecule has 0 aliphatic carbocycles. The Morgan fingerprint density at radius 3 is 2.33 bits per heavy atom. The monoisotopic (exact) mass is 463 g/mol. The number of nitrogens with one attached hydrogen (secondary N) is 2. The lowest BCUT2D eigenvalue weighted by Crippen LogP contribution is -2.39. The Balaban J connectivity index is 2.43. The molecule has 0 aliphatic rings. The first-order valence-corrected chi connectivity index (χ1v) is 9.11. The molecule has 2 amide bonds. The molecule has 8 heteroatoms. The summed E-state index contributed by atoms with van der Waals surface area (Å²) in [6.45, 7) is 3.43. The van der Waals surface area contributed by atoms with Crippen molar-refractivity contribution < 1.29 is 14.3 Å². The van der Waals surface area contributed by atoms with Crippen molar-refractivity contribution in [2.45, 2.75) is 13.3 Å². The lowest BCUT2D eigenvalue weighted by molar-refractivity contribution is -0.123. The van der Waals surface area contributed by atoms with Crippen LogP contribution < -0.4 is 10.6 Å². The van der Waals surface area contributed by atoms with Gasteiger partial charge in [-0.25, -0.2) is 0 Å². The number of ether oxygens (including phenoxy) is 1. The van der Waals surface area contributed by atoms with Crippen molar-refractivity contribution in [3.63, 3.8) is 0 Å². The van der Waals surface area contributed by atoms with E-state index in [4.69, 9.17) is 4.74 Å². The second-order valence-corrected chi connectivity index (χ2v) is 7.23. The second kappa shape index (κ2) is 10.8. The predicted molar refractivity (Wildman–Crippen MR) is 102 cm³/mol. The lowest BCUT2D eigenvalue weighted by Gasteiger charge is -2.17. The van der Waals surface area contributed by atoms with Crippen LogP contribution in [0.3, 0.4) is 0 Å². The van der Waals surface area contributed by atoms with E-state index in [1.807, 2.05) is 19.1 Å². The Morgan fingerprint density at radius 2 is 1.75 bits per heavy atom. The molecular formula is C16H23Br2N3O3. The van der Waals surface area contributed by atoms with Crippen LogP contribution in [0.25, 0.3) is 0 Å². The van der Waals surface area contributed by atoms with Crippen molar-refractivity contribution >= 4 is 49.4 Å². The second-order valence-electron chi connectivity index (χ2n) is 5.52. The Hall–Kier alpha value is -0.960. The zero-order chi connectivity index (χ0) is 18.1. The van der Waals surface area contributed by atoms with E-state index in [0.717, 1.165) is 20.9 Å².